The van der Waals surface area contributed by atoms with Crippen LogP contribution < -0.4 is 0 Å². The van der Waals surface area contributed by atoms with Crippen molar-refractivity contribution in [3.8, 4) is 0 Å². The Balaban J connectivity index is 3.50. The summed E-state index contributed by atoms with van der Waals surface area (Å²) in [7, 11) is 1.02. The van der Waals surface area contributed by atoms with Gasteiger partial charge in [-0.25, -0.2) is 4.79 Å². The van der Waals surface area contributed by atoms with E-state index >= 15 is 0 Å². The van der Waals surface area contributed by atoms with E-state index < -0.39 is 64.3 Å². The van der Waals surface area contributed by atoms with Gasteiger partial charge in [0.1, 0.15) is 0 Å². The Morgan fingerprint density at radius 2 is 1.38 bits per heavy atom. The maximum Gasteiger partial charge on any atom is 0.339 e. The van der Waals surface area contributed by atoms with Crippen LogP contribution in [0.25, 0.3) is 0 Å². The molecule has 29 heavy (non-hydrogen) atoms. The Morgan fingerprint density at radius 1 is 0.897 bits per heavy atom. The predicted molar refractivity (Wildman–Crippen MR) is 96.4 cm³/mol. The Morgan fingerprint density at radius 3 is 1.79 bits per heavy atom. The molecule has 0 saturated carbocycles. The molecule has 0 aromatic rings. The minimum atomic E-state index is -2.34. The average Bonchev–Trinajstić information content (AvgIpc) is 2.60. The summed E-state index contributed by atoms with van der Waals surface area (Å²) >= 11 is 17.0. The summed E-state index contributed by atoms with van der Waals surface area (Å²) in [6, 6.07) is 0. The molecule has 164 valence electrons. The summed E-state index contributed by atoms with van der Waals surface area (Å²) in [5.41, 5.74) is 0. The van der Waals surface area contributed by atoms with Gasteiger partial charge in [-0.15, -0.1) is 0 Å². The zero-order valence-electron chi connectivity index (χ0n) is 16.6. The molecular formula is C15H18Cl3NO10. The molecule has 1 saturated heterocycles. The number of carbonyl (C=O) groups excluding carboxylic acids is 4. The predicted octanol–water partition coefficient (Wildman–Crippen LogP) is 1.04. The molecule has 1 unspecified atom stereocenters. The zero-order chi connectivity index (χ0) is 23.2. The van der Waals surface area contributed by atoms with Crippen molar-refractivity contribution >= 4 is 64.6 Å². The van der Waals surface area contributed by atoms with Crippen molar-refractivity contribution in [2.75, 3.05) is 7.11 Å². The number of halogens is 3. The Labute approximate surface area is 181 Å². The van der Waals surface area contributed by atoms with Crippen LogP contribution in [0.5, 0.6) is 0 Å². The fraction of sp³-hybridized carbons (Fsp3) is 0.667. The molecular weight excluding hydrogens is 461 g/mol. The van der Waals surface area contributed by atoms with Gasteiger partial charge in [0.2, 0.25) is 18.3 Å². The van der Waals surface area contributed by atoms with Crippen molar-refractivity contribution in [1.82, 2.24) is 0 Å². The highest BCUT2D eigenvalue weighted by molar-refractivity contribution is 6.76. The highest BCUT2D eigenvalue weighted by Gasteiger charge is 2.56. The van der Waals surface area contributed by atoms with E-state index in [2.05, 4.69) is 10.1 Å². The van der Waals surface area contributed by atoms with Gasteiger partial charge >= 0.3 is 23.9 Å². The van der Waals surface area contributed by atoms with Crippen LogP contribution in [0.1, 0.15) is 20.8 Å². The maximum atomic E-state index is 12.2. The third kappa shape index (κ3) is 7.18. The van der Waals surface area contributed by atoms with Gasteiger partial charge in [0.15, 0.2) is 19.7 Å². The van der Waals surface area contributed by atoms with Crippen molar-refractivity contribution in [3.63, 3.8) is 0 Å². The third-order valence-corrected chi connectivity index (χ3v) is 3.79. The average molecular weight is 480 g/mol. The van der Waals surface area contributed by atoms with Crippen molar-refractivity contribution < 1.29 is 49.0 Å². The molecule has 1 aliphatic heterocycles. The molecule has 14 heteroatoms. The summed E-state index contributed by atoms with van der Waals surface area (Å²) < 4.78 is 35.3. The lowest BCUT2D eigenvalue weighted by Crippen LogP contribution is -2.64. The molecule has 1 N–H and O–H groups in total. The number of methoxy groups -OCH3 is 1. The number of ether oxygens (including phenoxy) is 6. The Kier molecular flexibility index (Phi) is 8.32. The van der Waals surface area contributed by atoms with Gasteiger partial charge in [-0.1, -0.05) is 34.8 Å². The van der Waals surface area contributed by atoms with Crippen molar-refractivity contribution in [2.24, 2.45) is 0 Å². The lowest BCUT2D eigenvalue weighted by Gasteiger charge is -2.43. The van der Waals surface area contributed by atoms with Gasteiger partial charge in [-0.3, -0.25) is 19.8 Å². The number of rotatable bonds is 5. The Hall–Kier alpha value is -1.82. The number of alkyl halides is 3. The first kappa shape index (κ1) is 23.5. The molecule has 1 fully saturated rings. The number of hydrogen-bond donors (Lipinski definition) is 1. The monoisotopic (exact) mass is 478 g/mol. The first-order valence-corrected chi connectivity index (χ1v) is 8.96. The van der Waals surface area contributed by atoms with E-state index in [-0.39, 0.29) is 0 Å². The second kappa shape index (κ2) is 10.3. The molecule has 0 amide bonds. The summed E-state index contributed by atoms with van der Waals surface area (Å²) in [5, 5.41) is 2.93. The van der Waals surface area contributed by atoms with E-state index in [9.17, 15) is 19.2 Å². The van der Waals surface area contributed by atoms with Crippen LogP contribution in [-0.2, 0) is 47.6 Å². The first-order valence-electron chi connectivity index (χ1n) is 8.27. The quantitative estimate of drug-likeness (QED) is 0.199. The highest BCUT2D eigenvalue weighted by Crippen LogP contribution is 2.33. The zero-order valence-corrected chi connectivity index (χ0v) is 17.8. The summed E-state index contributed by atoms with van der Waals surface area (Å²) in [6.07, 6.45) is -8.30. The van der Waals surface area contributed by atoms with Gasteiger partial charge in [-0.2, -0.15) is 0 Å². The fourth-order valence-electron chi connectivity index (χ4n) is 2.35. The second-order valence-electron chi connectivity index (χ2n) is 5.59. The fourth-order valence-corrected chi connectivity index (χ4v) is 2.49. The summed E-state index contributed by atoms with van der Waals surface area (Å²) in [5.74, 6) is -4.50. The minimum Gasteiger partial charge on any atom is -0.467 e. The molecule has 1 heterocycles. The van der Waals surface area contributed by atoms with Gasteiger partial charge in [0.25, 0.3) is 3.79 Å². The molecule has 1 aliphatic rings. The van der Waals surface area contributed by atoms with Crippen molar-refractivity contribution in [1.29, 1.82) is 5.40 Å². The number of carbonyl (C=O) groups is 4. The minimum absolute atomic E-state index is 0.814. The number of hydrogen-bond acceptors (Lipinski definition) is 11. The van der Waals surface area contributed by atoms with E-state index in [1.807, 2.05) is 0 Å². The highest BCUT2D eigenvalue weighted by atomic mass is 35.6. The van der Waals surface area contributed by atoms with Gasteiger partial charge < -0.3 is 28.4 Å². The normalized spacial score (nSPS) is 27.9. The largest absolute Gasteiger partial charge is 0.467 e. The van der Waals surface area contributed by atoms with E-state index in [0.717, 1.165) is 27.9 Å². The molecule has 1 rings (SSSR count). The van der Waals surface area contributed by atoms with Crippen LogP contribution in [0.4, 0.5) is 0 Å². The van der Waals surface area contributed by atoms with E-state index in [4.69, 9.17) is 59.9 Å². The van der Waals surface area contributed by atoms with Gasteiger partial charge in [-0.05, 0) is 0 Å². The Bertz CT molecular complexity index is 713. The summed E-state index contributed by atoms with van der Waals surface area (Å²) in [6.45, 7) is 3.06. The maximum absolute atomic E-state index is 12.2. The molecule has 5 atom stereocenters. The number of esters is 4. The van der Waals surface area contributed by atoms with Crippen molar-refractivity contribution in [3.05, 3.63) is 0 Å². The number of nitrogens with one attached hydrogen (secondary N) is 1. The molecule has 0 bridgehead atoms. The van der Waals surface area contributed by atoms with Crippen LogP contribution in [0.15, 0.2) is 0 Å². The molecule has 0 spiro atoms. The van der Waals surface area contributed by atoms with E-state index in [1.165, 1.54) is 0 Å². The SMILES string of the molecule is [2H]N=C(OC1O[C@H](C(=O)OC)[C@@H](OC(C)=O)[C@H](OC(C)=O)[C@H]1OC(C)=O)C(Cl)(Cl)Cl. The molecule has 0 aromatic carbocycles. The van der Waals surface area contributed by atoms with Crippen LogP contribution >= 0.6 is 34.8 Å². The van der Waals surface area contributed by atoms with E-state index in [0.29, 0.717) is 0 Å². The second-order valence-corrected chi connectivity index (χ2v) is 7.87. The van der Waals surface area contributed by atoms with Gasteiger partial charge in [0, 0.05) is 20.8 Å². The molecule has 11 nitrogen and oxygen atoms in total. The van der Waals surface area contributed by atoms with Gasteiger partial charge in [0.05, 0.1) is 7.11 Å². The lowest BCUT2D eigenvalue weighted by atomic mass is 9.97. The van der Waals surface area contributed by atoms with Crippen LogP contribution in [0.3, 0.4) is 0 Å². The van der Waals surface area contributed by atoms with Crippen LogP contribution in [0.2, 0.25) is 1.41 Å². The first-order chi connectivity index (χ1) is 13.8. The standard InChI is InChI=1S/C15H18Cl3NO10/c1-5(20)25-8-9(26-6(2)21)11(27-7(3)22)13(28-10(8)12(23)24-4)29-14(19)15(16,17)18/h8-11,13,19H,1-4H3/t8-,9-,10-,11+,13?/m0/s1/i/hD. The molecule has 0 aliphatic carbocycles. The van der Waals surface area contributed by atoms with Crippen LogP contribution in [-0.4, -0.2) is 71.4 Å². The molecule has 0 aromatic heterocycles. The van der Waals surface area contributed by atoms with E-state index in [1.54, 1.807) is 0 Å². The smallest absolute Gasteiger partial charge is 0.339 e. The van der Waals surface area contributed by atoms with Crippen molar-refractivity contribution in [2.45, 2.75) is 55.3 Å². The van der Waals surface area contributed by atoms with Crippen LogP contribution in [0, 0.1) is 5.40 Å². The topological polar surface area (TPSA) is 148 Å². The third-order valence-electron chi connectivity index (χ3n) is 3.30. The molecule has 0 radical (unpaired) electrons. The summed E-state index contributed by atoms with van der Waals surface area (Å²) in [4.78, 5) is 47.1. The lowest BCUT2D eigenvalue weighted by molar-refractivity contribution is -0.285.